The van der Waals surface area contributed by atoms with Gasteiger partial charge in [-0.3, -0.25) is 9.36 Å². The van der Waals surface area contributed by atoms with Gasteiger partial charge in [-0.1, -0.05) is 41.6 Å². The Hall–Kier alpha value is -3.37. The summed E-state index contributed by atoms with van der Waals surface area (Å²) in [5.41, 5.74) is 3.32. The monoisotopic (exact) mass is 389 g/mol. The van der Waals surface area contributed by atoms with Gasteiger partial charge in [0.2, 0.25) is 5.91 Å². The Kier molecular flexibility index (Phi) is 6.25. The van der Waals surface area contributed by atoms with Crippen molar-refractivity contribution in [2.45, 2.75) is 18.6 Å². The molecule has 6 nitrogen and oxygen atoms in total. The molecular weight excluding hydrogens is 370 g/mol. The van der Waals surface area contributed by atoms with Crippen molar-refractivity contribution in [2.24, 2.45) is 0 Å². The van der Waals surface area contributed by atoms with Gasteiger partial charge in [-0.05, 0) is 37.3 Å². The van der Waals surface area contributed by atoms with E-state index in [1.54, 1.807) is 30.3 Å². The first-order valence-electron chi connectivity index (χ1n) is 8.64. The van der Waals surface area contributed by atoms with E-state index < -0.39 is 0 Å². The van der Waals surface area contributed by atoms with Crippen molar-refractivity contribution in [3.63, 3.8) is 0 Å². The van der Waals surface area contributed by atoms with Gasteiger partial charge >= 0.3 is 0 Å². The molecule has 0 aliphatic heterocycles. The molecule has 0 spiro atoms. The topological polar surface area (TPSA) is 83.6 Å². The molecule has 28 heavy (non-hydrogen) atoms. The first-order valence-corrected chi connectivity index (χ1v) is 9.63. The lowest BCUT2D eigenvalue weighted by Gasteiger charge is -2.08. The number of hydrogen-bond donors (Lipinski definition) is 1. The molecule has 3 rings (SSSR count). The highest BCUT2D eigenvalue weighted by atomic mass is 32.2. The summed E-state index contributed by atoms with van der Waals surface area (Å²) in [5, 5.41) is 20.9. The summed E-state index contributed by atoms with van der Waals surface area (Å²) in [5.74, 6) is 0.793. The Morgan fingerprint density at radius 1 is 1.29 bits per heavy atom. The summed E-state index contributed by atoms with van der Waals surface area (Å²) in [4.78, 5) is 12.3. The quantitative estimate of drug-likeness (QED) is 0.487. The number of amides is 1. The van der Waals surface area contributed by atoms with E-state index in [0.717, 1.165) is 17.0 Å². The van der Waals surface area contributed by atoms with E-state index in [9.17, 15) is 4.79 Å². The van der Waals surface area contributed by atoms with Crippen LogP contribution in [0.3, 0.4) is 0 Å². The van der Waals surface area contributed by atoms with Crippen LogP contribution in [-0.2, 0) is 11.3 Å². The number of carbonyl (C=O) groups excluding carboxylic acids is 1. The van der Waals surface area contributed by atoms with E-state index in [1.165, 1.54) is 11.8 Å². The van der Waals surface area contributed by atoms with Crippen molar-refractivity contribution in [2.75, 3.05) is 11.1 Å². The van der Waals surface area contributed by atoms with Gasteiger partial charge in [-0.25, -0.2) is 0 Å². The number of aromatic nitrogens is 3. The van der Waals surface area contributed by atoms with Crippen LogP contribution in [0.2, 0.25) is 0 Å². The normalized spacial score (nSPS) is 10.3. The summed E-state index contributed by atoms with van der Waals surface area (Å²) in [6, 6.07) is 16.8. The molecule has 0 radical (unpaired) electrons. The van der Waals surface area contributed by atoms with Crippen LogP contribution in [-0.4, -0.2) is 26.4 Å². The van der Waals surface area contributed by atoms with E-state index in [4.69, 9.17) is 5.26 Å². The van der Waals surface area contributed by atoms with Crippen molar-refractivity contribution in [1.82, 2.24) is 14.8 Å². The van der Waals surface area contributed by atoms with Gasteiger partial charge < -0.3 is 5.32 Å². The zero-order valence-corrected chi connectivity index (χ0v) is 16.2. The number of anilines is 1. The Balaban J connectivity index is 1.70. The molecule has 140 valence electrons. The van der Waals surface area contributed by atoms with E-state index in [0.29, 0.717) is 23.0 Å². The number of allylic oxidation sites excluding steroid dienone is 1. The second-order valence-electron chi connectivity index (χ2n) is 6.10. The van der Waals surface area contributed by atoms with Crippen molar-refractivity contribution < 1.29 is 4.79 Å². The van der Waals surface area contributed by atoms with Gasteiger partial charge in [0.15, 0.2) is 11.0 Å². The van der Waals surface area contributed by atoms with Crippen LogP contribution in [0.4, 0.5) is 5.69 Å². The highest BCUT2D eigenvalue weighted by Crippen LogP contribution is 2.25. The lowest BCUT2D eigenvalue weighted by molar-refractivity contribution is -0.113. The average Bonchev–Trinajstić information content (AvgIpc) is 3.10. The second-order valence-corrected chi connectivity index (χ2v) is 7.04. The third-order valence-corrected chi connectivity index (χ3v) is 4.90. The lowest BCUT2D eigenvalue weighted by Crippen LogP contribution is -2.14. The number of thioether (sulfide) groups is 1. The molecule has 0 fully saturated rings. The van der Waals surface area contributed by atoms with E-state index >= 15 is 0 Å². The number of hydrogen-bond acceptors (Lipinski definition) is 5. The third-order valence-electron chi connectivity index (χ3n) is 3.93. The van der Waals surface area contributed by atoms with Crippen LogP contribution in [0.25, 0.3) is 11.4 Å². The van der Waals surface area contributed by atoms with Crippen LogP contribution in [0.15, 0.2) is 66.3 Å². The molecule has 0 saturated heterocycles. The third kappa shape index (κ3) is 4.67. The Labute approximate surface area is 167 Å². The van der Waals surface area contributed by atoms with Gasteiger partial charge in [0.1, 0.15) is 0 Å². The highest BCUT2D eigenvalue weighted by Gasteiger charge is 2.15. The minimum absolute atomic E-state index is 0.153. The summed E-state index contributed by atoms with van der Waals surface area (Å²) in [7, 11) is 0. The smallest absolute Gasteiger partial charge is 0.234 e. The molecule has 2 aromatic carbocycles. The Bertz CT molecular complexity index is 1030. The maximum absolute atomic E-state index is 12.3. The molecular formula is C21H19N5OS. The van der Waals surface area contributed by atoms with Crippen molar-refractivity contribution in [3.8, 4) is 17.5 Å². The number of nitrogens with zero attached hydrogens (tertiary/aromatic N) is 4. The van der Waals surface area contributed by atoms with Crippen LogP contribution in [0.5, 0.6) is 0 Å². The SMILES string of the molecule is C=CCn1c(SCC(=O)Nc2ccc(C#N)cc2)nnc1-c1cccc(C)c1. The molecule has 1 amide bonds. The minimum Gasteiger partial charge on any atom is -0.325 e. The number of benzene rings is 2. The molecule has 1 heterocycles. The standard InChI is InChI=1S/C21H19N5OS/c1-3-11-26-20(17-6-4-5-15(2)12-17)24-25-21(26)28-14-19(27)23-18-9-7-16(13-22)8-10-18/h3-10,12H,1,11,14H2,2H3,(H,23,27). The Morgan fingerprint density at radius 3 is 2.75 bits per heavy atom. The summed E-state index contributed by atoms with van der Waals surface area (Å²) < 4.78 is 1.95. The minimum atomic E-state index is -0.153. The zero-order valence-electron chi connectivity index (χ0n) is 15.4. The molecule has 3 aromatic rings. The molecule has 0 atom stereocenters. The van der Waals surface area contributed by atoms with Crippen molar-refractivity contribution in [1.29, 1.82) is 5.26 Å². The molecule has 0 bridgehead atoms. The van der Waals surface area contributed by atoms with Crippen LogP contribution < -0.4 is 5.32 Å². The molecule has 1 aromatic heterocycles. The fourth-order valence-electron chi connectivity index (χ4n) is 2.64. The summed E-state index contributed by atoms with van der Waals surface area (Å²) in [6.45, 7) is 6.39. The number of nitrogens with one attached hydrogen (secondary N) is 1. The highest BCUT2D eigenvalue weighted by molar-refractivity contribution is 7.99. The first kappa shape index (κ1) is 19.4. The molecule has 0 aliphatic carbocycles. The zero-order chi connectivity index (χ0) is 19.9. The van der Waals surface area contributed by atoms with Gasteiger partial charge in [0.25, 0.3) is 0 Å². The Morgan fingerprint density at radius 2 is 2.07 bits per heavy atom. The van der Waals surface area contributed by atoms with E-state index in [2.05, 4.69) is 28.2 Å². The maximum Gasteiger partial charge on any atom is 0.234 e. The largest absolute Gasteiger partial charge is 0.325 e. The van der Waals surface area contributed by atoms with Crippen LogP contribution in [0, 0.1) is 18.3 Å². The predicted molar refractivity (Wildman–Crippen MR) is 111 cm³/mol. The van der Waals surface area contributed by atoms with E-state index in [1.807, 2.05) is 35.8 Å². The summed E-state index contributed by atoms with van der Waals surface area (Å²) >= 11 is 1.32. The van der Waals surface area contributed by atoms with Gasteiger partial charge in [-0.15, -0.1) is 16.8 Å². The number of nitriles is 1. The molecule has 0 unspecified atom stereocenters. The second kappa shape index (κ2) is 9.02. The van der Waals surface area contributed by atoms with Gasteiger partial charge in [-0.2, -0.15) is 5.26 Å². The lowest BCUT2D eigenvalue weighted by atomic mass is 10.1. The van der Waals surface area contributed by atoms with E-state index in [-0.39, 0.29) is 11.7 Å². The van der Waals surface area contributed by atoms with Crippen molar-refractivity contribution in [3.05, 3.63) is 72.3 Å². The molecule has 0 aliphatic rings. The molecule has 0 saturated carbocycles. The van der Waals surface area contributed by atoms with Crippen LogP contribution >= 0.6 is 11.8 Å². The average molecular weight is 389 g/mol. The number of rotatable bonds is 7. The number of aryl methyl sites for hydroxylation is 1. The van der Waals surface area contributed by atoms with Gasteiger partial charge in [0, 0.05) is 17.8 Å². The van der Waals surface area contributed by atoms with Crippen molar-refractivity contribution >= 4 is 23.4 Å². The molecule has 7 heteroatoms. The van der Waals surface area contributed by atoms with Crippen LogP contribution in [0.1, 0.15) is 11.1 Å². The first-order chi connectivity index (χ1) is 13.6. The fraction of sp³-hybridized carbons (Fsp3) is 0.143. The fourth-order valence-corrected chi connectivity index (χ4v) is 3.39. The maximum atomic E-state index is 12.3. The molecule has 1 N–H and O–H groups in total. The predicted octanol–water partition coefficient (Wildman–Crippen LogP) is 4.04. The summed E-state index contributed by atoms with van der Waals surface area (Å²) in [6.07, 6.45) is 1.78. The van der Waals surface area contributed by atoms with Gasteiger partial charge in [0.05, 0.1) is 17.4 Å². The number of carbonyl (C=O) groups is 1.